The van der Waals surface area contributed by atoms with Crippen molar-refractivity contribution < 1.29 is 49.1 Å². The fourth-order valence-corrected chi connectivity index (χ4v) is 8.53. The maximum absolute atomic E-state index is 15.6. The average Bonchev–Trinajstić information content (AvgIpc) is 3.65. The van der Waals surface area contributed by atoms with Crippen molar-refractivity contribution in [1.82, 2.24) is 29.9 Å². The van der Waals surface area contributed by atoms with Crippen molar-refractivity contribution in [3.8, 4) is 11.1 Å². The zero-order valence-electron chi connectivity index (χ0n) is 30.3. The summed E-state index contributed by atoms with van der Waals surface area (Å²) in [6, 6.07) is 7.46. The van der Waals surface area contributed by atoms with E-state index in [4.69, 9.17) is 16.6 Å². The van der Waals surface area contributed by atoms with Gasteiger partial charge >= 0.3 is 6.18 Å². The standard InChI is InChI=1S/C36H34ClF7N8O4S/c1-50(10-11-53)26-9-6-20(21-5-8-24(37)29-31(21)51(2)48-34(29)49-57(3,55)56)30(46-26)25(14-17-12-18(38)15-19(39)13-17)45-27(54)16-52-33-28(32(47-52)36(42,43)44)22-4-7-23(22)35(33,40)41/h5-6,8-9,12-13,15,22-23,25,53H,4,7,10-11,14,16H2,1-3H3,(H,45,54)(H,48,49). The second-order valence-electron chi connectivity index (χ2n) is 14.2. The van der Waals surface area contributed by atoms with Crippen LogP contribution in [0.5, 0.6) is 0 Å². The fourth-order valence-electron chi connectivity index (χ4n) is 7.79. The van der Waals surface area contributed by atoms with E-state index in [1.54, 1.807) is 30.1 Å². The quantitative estimate of drug-likeness (QED) is 0.125. The van der Waals surface area contributed by atoms with Gasteiger partial charge in [0.1, 0.15) is 29.7 Å². The molecule has 0 saturated heterocycles. The SMILES string of the molecule is CN(CCO)c1ccc(-c2ccc(Cl)c3c(NS(C)(=O)=O)nn(C)c23)c(C(Cc2cc(F)cc(F)c2)NC(=O)Cn2nc(C(F)(F)F)c3c2C(F)(F)C2CCC32)n1. The molecule has 5 aromatic rings. The second-order valence-corrected chi connectivity index (χ2v) is 16.3. The fraction of sp³-hybridized carbons (Fsp3) is 0.389. The van der Waals surface area contributed by atoms with Crippen molar-refractivity contribution in [3.63, 3.8) is 0 Å². The molecule has 304 valence electrons. The summed E-state index contributed by atoms with van der Waals surface area (Å²) in [6.07, 6.45) is -4.43. The number of aliphatic hydroxyl groups excluding tert-OH is 1. The maximum atomic E-state index is 15.6. The minimum Gasteiger partial charge on any atom is -0.395 e. The molecule has 2 aliphatic rings. The van der Waals surface area contributed by atoms with E-state index >= 15 is 8.78 Å². The van der Waals surface area contributed by atoms with E-state index in [9.17, 15) is 40.3 Å². The second kappa shape index (κ2) is 14.5. The molecule has 0 bridgehead atoms. The minimum atomic E-state index is -5.08. The number of carbonyl (C=O) groups is 1. The molecule has 2 aromatic carbocycles. The number of pyridine rings is 1. The Morgan fingerprint density at radius 2 is 1.77 bits per heavy atom. The van der Waals surface area contributed by atoms with Crippen LogP contribution in [0.1, 0.15) is 53.0 Å². The largest absolute Gasteiger partial charge is 0.435 e. The molecule has 3 heterocycles. The van der Waals surface area contributed by atoms with E-state index in [1.165, 1.54) is 17.8 Å². The number of anilines is 2. The van der Waals surface area contributed by atoms with E-state index < -0.39 is 81.0 Å². The number of benzene rings is 2. The predicted octanol–water partition coefficient (Wildman–Crippen LogP) is 6.28. The molecule has 7 rings (SSSR count). The number of alkyl halides is 5. The molecule has 0 aliphatic heterocycles. The molecular weight excluding hydrogens is 809 g/mol. The first-order valence-corrected chi connectivity index (χ1v) is 19.7. The van der Waals surface area contributed by atoms with Gasteiger partial charge in [-0.3, -0.25) is 18.9 Å². The Morgan fingerprint density at radius 1 is 1.09 bits per heavy atom. The molecule has 0 spiro atoms. The van der Waals surface area contributed by atoms with Crippen LogP contribution >= 0.6 is 11.6 Å². The zero-order chi connectivity index (χ0) is 41.4. The Bertz CT molecular complexity index is 2510. The van der Waals surface area contributed by atoms with Gasteiger partial charge in [-0.1, -0.05) is 17.7 Å². The summed E-state index contributed by atoms with van der Waals surface area (Å²) in [5, 5.41) is 20.4. The molecule has 57 heavy (non-hydrogen) atoms. The lowest BCUT2D eigenvalue weighted by Crippen LogP contribution is -2.36. The predicted molar refractivity (Wildman–Crippen MR) is 195 cm³/mol. The van der Waals surface area contributed by atoms with E-state index in [2.05, 4.69) is 20.2 Å². The van der Waals surface area contributed by atoms with Crippen LogP contribution < -0.4 is 14.9 Å². The van der Waals surface area contributed by atoms with Gasteiger partial charge in [0, 0.05) is 49.3 Å². The topological polar surface area (TPSA) is 147 Å². The Kier molecular flexibility index (Phi) is 10.2. The molecule has 3 atom stereocenters. The van der Waals surface area contributed by atoms with Crippen LogP contribution in [-0.2, 0) is 46.9 Å². The Hall–Kier alpha value is -4.95. The number of aryl methyl sites for hydroxylation is 1. The number of aliphatic hydroxyl groups is 1. The smallest absolute Gasteiger partial charge is 0.395 e. The molecule has 21 heteroatoms. The van der Waals surface area contributed by atoms with Gasteiger partial charge in [-0.05, 0) is 61.1 Å². The average molecular weight is 843 g/mol. The number of aromatic nitrogens is 5. The lowest BCUT2D eigenvalue weighted by atomic mass is 9.73. The Balaban J connectivity index is 1.38. The number of sulfonamides is 1. The number of nitrogens with zero attached hydrogens (tertiary/aromatic N) is 6. The van der Waals surface area contributed by atoms with Crippen LogP contribution in [0.2, 0.25) is 5.02 Å². The first kappa shape index (κ1) is 40.3. The van der Waals surface area contributed by atoms with Crippen LogP contribution in [0.4, 0.5) is 42.4 Å². The molecule has 2 aliphatic carbocycles. The van der Waals surface area contributed by atoms with Gasteiger partial charge in [0.2, 0.25) is 15.9 Å². The van der Waals surface area contributed by atoms with Crippen molar-refractivity contribution in [1.29, 1.82) is 0 Å². The number of nitrogens with one attached hydrogen (secondary N) is 2. The first-order chi connectivity index (χ1) is 26.7. The summed E-state index contributed by atoms with van der Waals surface area (Å²) < 4.78 is 131. The molecule has 1 saturated carbocycles. The first-order valence-electron chi connectivity index (χ1n) is 17.4. The van der Waals surface area contributed by atoms with Crippen LogP contribution in [0.3, 0.4) is 0 Å². The van der Waals surface area contributed by atoms with E-state index in [0.717, 1.165) is 18.4 Å². The number of rotatable bonds is 12. The van der Waals surface area contributed by atoms with E-state index in [1.807, 2.05) is 0 Å². The highest BCUT2D eigenvalue weighted by Crippen LogP contribution is 2.64. The number of halogens is 8. The van der Waals surface area contributed by atoms with Gasteiger partial charge in [-0.25, -0.2) is 22.2 Å². The highest BCUT2D eigenvalue weighted by Gasteiger charge is 2.63. The van der Waals surface area contributed by atoms with Gasteiger partial charge in [-0.2, -0.15) is 32.1 Å². The van der Waals surface area contributed by atoms with Crippen molar-refractivity contribution in [2.24, 2.45) is 13.0 Å². The molecule has 3 aromatic heterocycles. The monoisotopic (exact) mass is 842 g/mol. The van der Waals surface area contributed by atoms with Gasteiger partial charge in [0.25, 0.3) is 5.92 Å². The lowest BCUT2D eigenvalue weighted by Gasteiger charge is -2.34. The van der Waals surface area contributed by atoms with Crippen LogP contribution in [-0.4, -0.2) is 70.4 Å². The zero-order valence-corrected chi connectivity index (χ0v) is 31.9. The molecule has 1 amide bonds. The molecule has 3 N–H and O–H groups in total. The van der Waals surface area contributed by atoms with Gasteiger partial charge in [0.05, 0.1) is 40.5 Å². The van der Waals surface area contributed by atoms with Gasteiger partial charge in [0.15, 0.2) is 11.5 Å². The molecular formula is C36H34ClF7N8O4S. The molecule has 0 radical (unpaired) electrons. The minimum absolute atomic E-state index is 0.00192. The third-order valence-corrected chi connectivity index (χ3v) is 11.1. The molecule has 1 fully saturated rings. The summed E-state index contributed by atoms with van der Waals surface area (Å²) in [5.41, 5.74) is -2.16. The van der Waals surface area contributed by atoms with Crippen molar-refractivity contribution in [3.05, 3.63) is 87.3 Å². The van der Waals surface area contributed by atoms with Crippen LogP contribution in [0, 0.1) is 17.6 Å². The number of hydrogen-bond acceptors (Lipinski definition) is 8. The van der Waals surface area contributed by atoms with Crippen LogP contribution in [0.15, 0.2) is 42.5 Å². The van der Waals surface area contributed by atoms with Crippen LogP contribution in [0.25, 0.3) is 22.0 Å². The Labute approximate surface area is 325 Å². The van der Waals surface area contributed by atoms with Crippen molar-refractivity contribution in [2.45, 2.75) is 49.9 Å². The third kappa shape index (κ3) is 7.49. The summed E-state index contributed by atoms with van der Waals surface area (Å²) in [6.45, 7) is -1.27. The number of amides is 1. The summed E-state index contributed by atoms with van der Waals surface area (Å²) >= 11 is 6.57. The van der Waals surface area contributed by atoms with Crippen molar-refractivity contribution >= 4 is 50.1 Å². The van der Waals surface area contributed by atoms with Crippen molar-refractivity contribution in [2.75, 3.05) is 36.1 Å². The highest BCUT2D eigenvalue weighted by atomic mass is 35.5. The number of carbonyl (C=O) groups excluding carboxylic acids is 1. The number of likely N-dealkylation sites (N-methyl/N-ethyl adjacent to an activating group) is 1. The molecule has 12 nitrogen and oxygen atoms in total. The Morgan fingerprint density at radius 3 is 2.39 bits per heavy atom. The summed E-state index contributed by atoms with van der Waals surface area (Å²) in [7, 11) is -0.724. The number of hydrogen-bond donors (Lipinski definition) is 3. The van der Waals surface area contributed by atoms with E-state index in [0.29, 0.717) is 21.8 Å². The normalized spacial score (nSPS) is 17.9. The maximum Gasteiger partial charge on any atom is 0.435 e. The molecule has 3 unspecified atom stereocenters. The highest BCUT2D eigenvalue weighted by molar-refractivity contribution is 7.92. The van der Waals surface area contributed by atoms with Gasteiger partial charge in [-0.15, -0.1) is 0 Å². The summed E-state index contributed by atoms with van der Waals surface area (Å²) in [4.78, 5) is 20.3. The van der Waals surface area contributed by atoms with Gasteiger partial charge < -0.3 is 15.3 Å². The third-order valence-electron chi connectivity index (χ3n) is 10.3. The lowest BCUT2D eigenvalue weighted by molar-refractivity contribution is -0.144. The van der Waals surface area contributed by atoms with E-state index in [-0.39, 0.29) is 71.3 Å². The number of fused-ring (bicyclic) bond motifs is 4. The summed E-state index contributed by atoms with van der Waals surface area (Å²) in [5.74, 6) is -8.97.